The van der Waals surface area contributed by atoms with Crippen LogP contribution in [0.25, 0.3) is 0 Å². The van der Waals surface area contributed by atoms with Gasteiger partial charge in [-0.2, -0.15) is 0 Å². The summed E-state index contributed by atoms with van der Waals surface area (Å²) in [6.45, 7) is -2.66. The first-order chi connectivity index (χ1) is 6.25. The minimum absolute atomic E-state index is 0.0120. The Kier molecular flexibility index (Phi) is 0.802. The minimum Gasteiger partial charge on any atom is -0.295 e. The highest BCUT2D eigenvalue weighted by atomic mass is 16.1. The normalized spacial score (nSPS) is 38.0. The van der Waals surface area contributed by atoms with Gasteiger partial charge in [-0.15, -0.1) is 0 Å². The van der Waals surface area contributed by atoms with Gasteiger partial charge < -0.3 is 0 Å². The van der Waals surface area contributed by atoms with Gasteiger partial charge in [-0.3, -0.25) is 4.79 Å². The van der Waals surface area contributed by atoms with Crippen molar-refractivity contribution in [2.45, 2.75) is 26.1 Å². The average molecular weight is 129 g/mol. The maximum Gasteiger partial charge on any atom is 0.155 e. The summed E-state index contributed by atoms with van der Waals surface area (Å²) in [5.74, 6) is -0.929. The summed E-state index contributed by atoms with van der Waals surface area (Å²) in [5, 5.41) is 0. The van der Waals surface area contributed by atoms with Crippen molar-refractivity contribution < 1.29 is 11.6 Å². The second-order valence-corrected chi connectivity index (χ2v) is 2.15. The van der Waals surface area contributed by atoms with Gasteiger partial charge in [0.05, 0.1) is 0 Å². The molecule has 1 unspecified atom stereocenters. The summed E-state index contributed by atoms with van der Waals surface area (Å²) in [7, 11) is 0. The van der Waals surface area contributed by atoms with E-state index in [0.717, 1.165) is 0 Å². The van der Waals surface area contributed by atoms with Crippen molar-refractivity contribution in [2.24, 2.45) is 5.92 Å². The van der Waals surface area contributed by atoms with Crippen LogP contribution in [0, 0.1) is 5.92 Å². The molecule has 1 aliphatic carbocycles. The molecule has 1 nitrogen and oxygen atoms in total. The highest BCUT2D eigenvalue weighted by Gasteiger charge is 2.11. The predicted molar refractivity (Wildman–Crippen MR) is 37.2 cm³/mol. The van der Waals surface area contributed by atoms with E-state index in [1.54, 1.807) is 6.08 Å². The molecule has 1 aliphatic rings. The van der Waals surface area contributed by atoms with Gasteiger partial charge in [0.1, 0.15) is 0 Å². The van der Waals surface area contributed by atoms with Crippen molar-refractivity contribution in [2.75, 3.05) is 0 Å². The quantitative estimate of drug-likeness (QED) is 0.528. The molecule has 0 fully saturated rings. The van der Waals surface area contributed by atoms with Crippen molar-refractivity contribution in [3.8, 4) is 0 Å². The fraction of sp³-hybridized carbons (Fsp3) is 0.625. The molecule has 1 heteroatoms. The summed E-state index contributed by atoms with van der Waals surface area (Å²) in [5.41, 5.74) is 0. The van der Waals surface area contributed by atoms with Gasteiger partial charge in [-0.25, -0.2) is 0 Å². The van der Waals surface area contributed by atoms with Gasteiger partial charge in [-0.05, 0) is 18.4 Å². The lowest BCUT2D eigenvalue weighted by molar-refractivity contribution is -0.115. The second kappa shape index (κ2) is 2.81. The Hall–Kier alpha value is -0.590. The Labute approximate surface area is 62.8 Å². The topological polar surface area (TPSA) is 17.1 Å². The van der Waals surface area contributed by atoms with Gasteiger partial charge in [-0.1, -0.05) is 19.3 Å². The largest absolute Gasteiger partial charge is 0.295 e. The zero-order valence-corrected chi connectivity index (χ0v) is 5.05. The van der Waals surface area contributed by atoms with Crippen molar-refractivity contribution in [3.05, 3.63) is 12.2 Å². The van der Waals surface area contributed by atoms with Gasteiger partial charge in [0.25, 0.3) is 0 Å². The van der Waals surface area contributed by atoms with Crippen LogP contribution in [0.4, 0.5) is 0 Å². The van der Waals surface area contributed by atoms with Crippen LogP contribution in [0.2, 0.25) is 0 Å². The zero-order chi connectivity index (χ0) is 11.0. The number of allylic oxidation sites excluding steroid dienone is 2. The Bertz CT molecular complexity index is 265. The molecular weight excluding hydrogens is 112 g/mol. The smallest absolute Gasteiger partial charge is 0.155 e. The lowest BCUT2D eigenvalue weighted by atomic mass is 9.92. The minimum atomic E-state index is -2.66. The highest BCUT2D eigenvalue weighted by molar-refractivity contribution is 5.90. The van der Waals surface area contributed by atoms with Crippen molar-refractivity contribution in [3.63, 3.8) is 0 Å². The molecule has 1 rings (SSSR count). The molecule has 0 saturated heterocycles. The van der Waals surface area contributed by atoms with Crippen LogP contribution in [-0.2, 0) is 4.79 Å². The van der Waals surface area contributed by atoms with Crippen molar-refractivity contribution >= 4 is 5.78 Å². The van der Waals surface area contributed by atoms with E-state index < -0.39 is 19.1 Å². The first-order valence-electron chi connectivity index (χ1n) is 5.44. The number of hydrogen-bond acceptors (Lipinski definition) is 1. The standard InChI is InChI=1S/C8H12O/c1-2-7-4-3-5-8(9)6-7/h3,5,7H,2,4,6H2,1H3/i1D3,2D2. The van der Waals surface area contributed by atoms with Crippen molar-refractivity contribution in [1.29, 1.82) is 0 Å². The molecular formula is C8H12O. The lowest BCUT2D eigenvalue weighted by Gasteiger charge is -2.13. The molecule has 0 aromatic rings. The third kappa shape index (κ3) is 1.67. The maximum atomic E-state index is 11.0. The molecule has 0 heterocycles. The number of hydrogen-bond donors (Lipinski definition) is 0. The van der Waals surface area contributed by atoms with Crippen LogP contribution in [0.3, 0.4) is 0 Å². The number of carbonyl (C=O) groups excluding carboxylic acids is 1. The van der Waals surface area contributed by atoms with Crippen LogP contribution < -0.4 is 0 Å². The van der Waals surface area contributed by atoms with E-state index >= 15 is 0 Å². The zero-order valence-electron chi connectivity index (χ0n) is 10.1. The van der Waals surface area contributed by atoms with Crippen LogP contribution in [0.5, 0.6) is 0 Å². The molecule has 0 radical (unpaired) electrons. The first kappa shape index (κ1) is 2.57. The molecule has 0 aromatic heterocycles. The summed E-state index contributed by atoms with van der Waals surface area (Å²) in [6.07, 6.45) is 0.943. The summed E-state index contributed by atoms with van der Waals surface area (Å²) >= 11 is 0. The summed E-state index contributed by atoms with van der Waals surface area (Å²) in [4.78, 5) is 11.0. The number of ketones is 1. The fourth-order valence-electron chi connectivity index (χ4n) is 0.868. The molecule has 0 saturated carbocycles. The Morgan fingerprint density at radius 1 is 2.11 bits per heavy atom. The Morgan fingerprint density at radius 3 is 3.67 bits per heavy atom. The third-order valence-electron chi connectivity index (χ3n) is 1.38. The SMILES string of the molecule is [2H]C([2H])([2H])C([2H])([2H])C1CC=CC(=O)C1. The molecule has 0 amide bonds. The van der Waals surface area contributed by atoms with E-state index in [1.165, 1.54) is 6.08 Å². The molecule has 9 heavy (non-hydrogen) atoms. The molecule has 0 bridgehead atoms. The van der Waals surface area contributed by atoms with Crippen LogP contribution >= 0.6 is 0 Å². The van der Waals surface area contributed by atoms with E-state index in [9.17, 15) is 4.79 Å². The van der Waals surface area contributed by atoms with E-state index in [-0.39, 0.29) is 12.2 Å². The Morgan fingerprint density at radius 2 is 3.00 bits per heavy atom. The third-order valence-corrected chi connectivity index (χ3v) is 1.38. The lowest BCUT2D eigenvalue weighted by Crippen LogP contribution is -2.08. The van der Waals surface area contributed by atoms with E-state index in [0.29, 0.717) is 6.42 Å². The molecule has 0 spiro atoms. The van der Waals surface area contributed by atoms with Crippen molar-refractivity contribution in [1.82, 2.24) is 0 Å². The highest BCUT2D eigenvalue weighted by Crippen LogP contribution is 2.18. The summed E-state index contributed by atoms with van der Waals surface area (Å²) in [6, 6.07) is 0. The molecule has 1 atom stereocenters. The maximum absolute atomic E-state index is 11.0. The van der Waals surface area contributed by atoms with Gasteiger partial charge >= 0.3 is 0 Å². The van der Waals surface area contributed by atoms with Crippen LogP contribution in [-0.4, -0.2) is 5.78 Å². The summed E-state index contributed by atoms with van der Waals surface area (Å²) < 4.78 is 36.1. The first-order valence-corrected chi connectivity index (χ1v) is 2.94. The average Bonchev–Trinajstić information content (AvgIpc) is 2.02. The van der Waals surface area contributed by atoms with Crippen LogP contribution in [0.15, 0.2) is 12.2 Å². The molecule has 0 aliphatic heterocycles. The van der Waals surface area contributed by atoms with Gasteiger partial charge in [0.2, 0.25) is 0 Å². The molecule has 0 N–H and O–H groups in total. The van der Waals surface area contributed by atoms with E-state index in [1.807, 2.05) is 0 Å². The van der Waals surface area contributed by atoms with E-state index in [2.05, 4.69) is 0 Å². The second-order valence-electron chi connectivity index (χ2n) is 2.15. The Balaban J connectivity index is 2.84. The fourth-order valence-corrected chi connectivity index (χ4v) is 0.868. The van der Waals surface area contributed by atoms with Gasteiger partial charge in [0, 0.05) is 13.3 Å². The molecule has 50 valence electrons. The van der Waals surface area contributed by atoms with Gasteiger partial charge in [0.15, 0.2) is 5.78 Å². The number of carbonyl (C=O) groups is 1. The molecule has 0 aromatic carbocycles. The predicted octanol–water partition coefficient (Wildman–Crippen LogP) is 1.93. The monoisotopic (exact) mass is 129 g/mol. The van der Waals surface area contributed by atoms with E-state index in [4.69, 9.17) is 6.85 Å². The van der Waals surface area contributed by atoms with Crippen LogP contribution in [0.1, 0.15) is 32.9 Å². The number of rotatable bonds is 1.